The minimum absolute atomic E-state index is 0.147. The lowest BCUT2D eigenvalue weighted by molar-refractivity contribution is 0.191. The molecule has 0 saturated heterocycles. The molecule has 5 nitrogen and oxygen atoms in total. The molecule has 0 unspecified atom stereocenters. The molecular formula is C16H30N2O3S. The van der Waals surface area contributed by atoms with Gasteiger partial charge in [0.15, 0.2) is 9.84 Å². The average molecular weight is 330 g/mol. The highest BCUT2D eigenvalue weighted by molar-refractivity contribution is 7.91. The number of carbonyl (C=O) groups excluding carboxylic acids is 1. The zero-order valence-electron chi connectivity index (χ0n) is 14.2. The van der Waals surface area contributed by atoms with E-state index in [1.807, 2.05) is 0 Å². The molecule has 0 aliphatic heterocycles. The van der Waals surface area contributed by atoms with Gasteiger partial charge in [0.2, 0.25) is 0 Å². The molecular weight excluding hydrogens is 300 g/mol. The Kier molecular flexibility index (Phi) is 5.41. The van der Waals surface area contributed by atoms with Gasteiger partial charge in [0.1, 0.15) is 0 Å². The molecule has 0 spiro atoms. The first-order valence-corrected chi connectivity index (χ1v) is 10.4. The Morgan fingerprint density at radius 2 is 1.77 bits per heavy atom. The van der Waals surface area contributed by atoms with E-state index < -0.39 is 15.1 Å². The van der Waals surface area contributed by atoms with Gasteiger partial charge in [-0.3, -0.25) is 0 Å². The minimum Gasteiger partial charge on any atom is -0.335 e. The Labute approximate surface area is 134 Å². The molecule has 0 heterocycles. The fourth-order valence-corrected chi connectivity index (χ4v) is 4.48. The summed E-state index contributed by atoms with van der Waals surface area (Å²) in [4.78, 5) is 13.8. The van der Waals surface area contributed by atoms with E-state index in [9.17, 15) is 13.2 Å². The number of nitrogens with zero attached hydrogens (tertiary/aromatic N) is 1. The number of nitrogens with one attached hydrogen (secondary N) is 1. The van der Waals surface area contributed by atoms with Gasteiger partial charge in [0, 0.05) is 25.4 Å². The molecule has 0 aromatic heterocycles. The minimum atomic E-state index is -3.14. The molecule has 4 atom stereocenters. The van der Waals surface area contributed by atoms with E-state index in [-0.39, 0.29) is 12.1 Å². The summed E-state index contributed by atoms with van der Waals surface area (Å²) < 4.78 is 23.3. The number of rotatable bonds is 5. The number of hydrogen-bond donors (Lipinski definition) is 1. The third-order valence-electron chi connectivity index (χ3n) is 5.69. The number of hydrogen-bond acceptors (Lipinski definition) is 3. The summed E-state index contributed by atoms with van der Waals surface area (Å²) in [5, 5.41) is 2.52. The van der Waals surface area contributed by atoms with Crippen LogP contribution in [-0.2, 0) is 9.84 Å². The van der Waals surface area contributed by atoms with Crippen LogP contribution < -0.4 is 5.32 Å². The van der Waals surface area contributed by atoms with Crippen molar-refractivity contribution in [3.05, 3.63) is 0 Å². The summed E-state index contributed by atoms with van der Waals surface area (Å²) in [6.45, 7) is 3.45. The van der Waals surface area contributed by atoms with Crippen LogP contribution in [-0.4, -0.2) is 50.0 Å². The van der Waals surface area contributed by atoms with E-state index in [4.69, 9.17) is 0 Å². The molecule has 0 aromatic rings. The molecule has 0 aromatic carbocycles. The number of urea groups is 1. The lowest BCUT2D eigenvalue weighted by Gasteiger charge is -2.29. The normalized spacial score (nSPS) is 28.7. The van der Waals surface area contributed by atoms with Crippen LogP contribution in [0, 0.1) is 11.8 Å². The maximum Gasteiger partial charge on any atom is 0.317 e. The van der Waals surface area contributed by atoms with Gasteiger partial charge in [0.05, 0.1) is 5.25 Å². The van der Waals surface area contributed by atoms with Gasteiger partial charge in [-0.2, -0.15) is 0 Å². The quantitative estimate of drug-likeness (QED) is 0.842. The van der Waals surface area contributed by atoms with Gasteiger partial charge in [0.25, 0.3) is 0 Å². The van der Waals surface area contributed by atoms with E-state index >= 15 is 0 Å². The zero-order valence-corrected chi connectivity index (χ0v) is 15.0. The van der Waals surface area contributed by atoms with Crippen molar-refractivity contribution in [2.45, 2.75) is 69.7 Å². The van der Waals surface area contributed by atoms with Crippen LogP contribution in [0.3, 0.4) is 0 Å². The molecule has 6 heteroatoms. The molecule has 2 aliphatic carbocycles. The van der Waals surface area contributed by atoms with Crippen molar-refractivity contribution in [3.63, 3.8) is 0 Å². The predicted octanol–water partition coefficient (Wildman–Crippen LogP) is 2.42. The molecule has 2 rings (SSSR count). The Bertz CT molecular complexity index is 500. The van der Waals surface area contributed by atoms with Crippen molar-refractivity contribution in [1.82, 2.24) is 10.2 Å². The molecule has 22 heavy (non-hydrogen) atoms. The van der Waals surface area contributed by atoms with Crippen molar-refractivity contribution in [2.24, 2.45) is 11.8 Å². The second-order valence-electron chi connectivity index (χ2n) is 7.24. The van der Waals surface area contributed by atoms with Crippen LogP contribution >= 0.6 is 0 Å². The highest BCUT2D eigenvalue weighted by Gasteiger charge is 2.44. The molecule has 1 N–H and O–H groups in total. The molecule has 2 aliphatic rings. The summed E-state index contributed by atoms with van der Waals surface area (Å²) in [5.74, 6) is 1.41. The molecule has 128 valence electrons. The highest BCUT2D eigenvalue weighted by Crippen LogP contribution is 2.44. The second-order valence-corrected chi connectivity index (χ2v) is 9.64. The number of amides is 2. The summed E-state index contributed by atoms with van der Waals surface area (Å²) >= 11 is 0. The second kappa shape index (κ2) is 6.77. The average Bonchev–Trinajstić information content (AvgIpc) is 3.24. The Morgan fingerprint density at radius 3 is 2.32 bits per heavy atom. The fourth-order valence-electron chi connectivity index (χ4n) is 3.58. The van der Waals surface area contributed by atoms with E-state index in [0.29, 0.717) is 12.0 Å². The standard InChI is InChI=1S/C16H30N2O3S/c1-11(12(2)22(4,20)21)18(3)16(19)17-15-10-14(15)13-8-6-5-7-9-13/h11-15H,5-10H2,1-4H3,(H,17,19)/t11-,12+,14-,15+/m1/s1. The maximum atomic E-state index is 12.3. The number of sulfone groups is 1. The predicted molar refractivity (Wildman–Crippen MR) is 88.5 cm³/mol. The van der Waals surface area contributed by atoms with Gasteiger partial charge < -0.3 is 10.2 Å². The number of carbonyl (C=O) groups is 1. The Morgan fingerprint density at radius 1 is 1.18 bits per heavy atom. The van der Waals surface area contributed by atoms with Crippen LogP contribution in [0.15, 0.2) is 0 Å². The smallest absolute Gasteiger partial charge is 0.317 e. The zero-order chi connectivity index (χ0) is 16.5. The third-order valence-corrected chi connectivity index (χ3v) is 7.43. The van der Waals surface area contributed by atoms with E-state index in [2.05, 4.69) is 5.32 Å². The van der Waals surface area contributed by atoms with E-state index in [1.54, 1.807) is 20.9 Å². The van der Waals surface area contributed by atoms with Crippen LogP contribution in [0.2, 0.25) is 0 Å². The summed E-state index contributed by atoms with van der Waals surface area (Å²) in [7, 11) is -1.46. The SMILES string of the molecule is C[C@H]([C@H](C)S(C)(=O)=O)N(C)C(=O)N[C@H]1C[C@@H]1C1CCCCC1. The van der Waals surface area contributed by atoms with Gasteiger partial charge in [-0.1, -0.05) is 32.1 Å². The van der Waals surface area contributed by atoms with Crippen molar-refractivity contribution in [3.8, 4) is 0 Å². The van der Waals surface area contributed by atoms with Crippen molar-refractivity contribution >= 4 is 15.9 Å². The lowest BCUT2D eigenvalue weighted by Crippen LogP contribution is -2.49. The Hall–Kier alpha value is -0.780. The van der Waals surface area contributed by atoms with Crippen LogP contribution in [0.4, 0.5) is 4.79 Å². The van der Waals surface area contributed by atoms with Crippen molar-refractivity contribution in [1.29, 1.82) is 0 Å². The Balaban J connectivity index is 1.82. The summed E-state index contributed by atoms with van der Waals surface area (Å²) in [5.41, 5.74) is 0. The maximum absolute atomic E-state index is 12.3. The van der Waals surface area contributed by atoms with Crippen molar-refractivity contribution < 1.29 is 13.2 Å². The van der Waals surface area contributed by atoms with Crippen molar-refractivity contribution in [2.75, 3.05) is 13.3 Å². The monoisotopic (exact) mass is 330 g/mol. The lowest BCUT2D eigenvalue weighted by atomic mass is 9.85. The first kappa shape index (κ1) is 17.6. The molecule has 2 fully saturated rings. The van der Waals surface area contributed by atoms with Crippen LogP contribution in [0.25, 0.3) is 0 Å². The van der Waals surface area contributed by atoms with Gasteiger partial charge in [-0.15, -0.1) is 0 Å². The first-order valence-electron chi connectivity index (χ1n) is 8.44. The molecule has 2 amide bonds. The molecule has 2 saturated carbocycles. The van der Waals surface area contributed by atoms with Gasteiger partial charge in [-0.25, -0.2) is 13.2 Å². The molecule has 0 bridgehead atoms. The fraction of sp³-hybridized carbons (Fsp3) is 0.938. The highest BCUT2D eigenvalue weighted by atomic mass is 32.2. The third kappa shape index (κ3) is 4.15. The first-order chi connectivity index (χ1) is 10.2. The van der Waals surface area contributed by atoms with Gasteiger partial charge >= 0.3 is 6.03 Å². The van der Waals surface area contributed by atoms with Crippen LogP contribution in [0.1, 0.15) is 52.4 Å². The topological polar surface area (TPSA) is 66.5 Å². The summed E-state index contributed by atoms with van der Waals surface area (Å²) in [6, 6.07) is -0.188. The molecule has 0 radical (unpaired) electrons. The van der Waals surface area contributed by atoms with E-state index in [1.165, 1.54) is 43.3 Å². The van der Waals surface area contributed by atoms with Gasteiger partial charge in [-0.05, 0) is 32.1 Å². The van der Waals surface area contributed by atoms with E-state index in [0.717, 1.165) is 12.3 Å². The van der Waals surface area contributed by atoms with Crippen LogP contribution in [0.5, 0.6) is 0 Å². The largest absolute Gasteiger partial charge is 0.335 e. The summed E-state index contributed by atoms with van der Waals surface area (Å²) in [6.07, 6.45) is 8.90.